The number of hydrogen-bond donors (Lipinski definition) is 1. The van der Waals surface area contributed by atoms with Crippen LogP contribution < -0.4 is 4.72 Å². The van der Waals surface area contributed by atoms with Gasteiger partial charge in [0.2, 0.25) is 0 Å². The number of rotatable bonds is 8. The van der Waals surface area contributed by atoms with E-state index in [4.69, 9.17) is 15.8 Å². The summed E-state index contributed by atoms with van der Waals surface area (Å²) >= 11 is 6.34. The van der Waals surface area contributed by atoms with Crippen molar-refractivity contribution >= 4 is 44.9 Å². The molecular formula is C19H22ClN5O4S. The lowest BCUT2D eigenvalue weighted by Crippen LogP contribution is -2.30. The lowest BCUT2D eigenvalue weighted by Gasteiger charge is -2.07. The minimum atomic E-state index is -4.15. The van der Waals surface area contributed by atoms with Gasteiger partial charge in [0.1, 0.15) is 11.5 Å². The average Bonchev–Trinajstić information content (AvgIpc) is 3.15. The molecule has 0 aliphatic carbocycles. The van der Waals surface area contributed by atoms with E-state index in [0.717, 1.165) is 17.9 Å². The summed E-state index contributed by atoms with van der Waals surface area (Å²) in [6.07, 6.45) is 7.35. The first-order valence-corrected chi connectivity index (χ1v) is 11.1. The Bertz CT molecular complexity index is 1210. The van der Waals surface area contributed by atoms with Gasteiger partial charge in [-0.25, -0.2) is 9.71 Å². The number of carbonyl (C=O) groups is 1. The molecular weight excluding hydrogens is 430 g/mol. The Morgan fingerprint density at radius 2 is 2.17 bits per heavy atom. The smallest absolute Gasteiger partial charge is 0.284 e. The first-order valence-electron chi connectivity index (χ1n) is 9.28. The van der Waals surface area contributed by atoms with Crippen molar-refractivity contribution in [1.82, 2.24) is 24.1 Å². The van der Waals surface area contributed by atoms with Gasteiger partial charge < -0.3 is 0 Å². The molecule has 0 saturated carbocycles. The van der Waals surface area contributed by atoms with Crippen molar-refractivity contribution in [2.75, 3.05) is 6.61 Å². The number of hydrogen-bond acceptors (Lipinski definition) is 6. The standard InChI is InChI=1S/C19H22ClN5O4S/c1-4-5-11-29-30(27,28)23-17(26)9-8-14-13(2)22-24(3)19(14)25-12-16(20)15-7-6-10-21-18(15)25/h6-10,12H,4-5,11H2,1-3H3,(H,23,26). The van der Waals surface area contributed by atoms with E-state index in [1.807, 2.05) is 17.7 Å². The van der Waals surface area contributed by atoms with Crippen LogP contribution in [-0.4, -0.2) is 40.3 Å². The zero-order chi connectivity index (χ0) is 21.9. The van der Waals surface area contributed by atoms with Crippen molar-refractivity contribution < 1.29 is 17.4 Å². The third kappa shape index (κ3) is 4.72. The van der Waals surface area contributed by atoms with E-state index in [9.17, 15) is 13.2 Å². The molecule has 0 spiro atoms. The number of aromatic nitrogens is 4. The molecule has 1 N–H and O–H groups in total. The summed E-state index contributed by atoms with van der Waals surface area (Å²) in [4.78, 5) is 16.5. The summed E-state index contributed by atoms with van der Waals surface area (Å²) in [5, 5.41) is 5.71. The molecule has 0 aliphatic rings. The van der Waals surface area contributed by atoms with E-state index in [1.54, 1.807) is 41.7 Å². The molecule has 3 heterocycles. The van der Waals surface area contributed by atoms with E-state index >= 15 is 0 Å². The first-order chi connectivity index (χ1) is 14.2. The monoisotopic (exact) mass is 451 g/mol. The second-order valence-electron chi connectivity index (χ2n) is 6.60. The highest BCUT2D eigenvalue weighted by Gasteiger charge is 2.18. The van der Waals surface area contributed by atoms with Crippen LogP contribution in [0.4, 0.5) is 0 Å². The minimum absolute atomic E-state index is 0.0170. The van der Waals surface area contributed by atoms with Crippen LogP contribution in [-0.2, 0) is 26.3 Å². The van der Waals surface area contributed by atoms with Gasteiger partial charge in [-0.15, -0.1) is 0 Å². The highest BCUT2D eigenvalue weighted by Crippen LogP contribution is 2.29. The molecule has 0 aliphatic heterocycles. The number of nitrogens with one attached hydrogen (secondary N) is 1. The Hall–Kier alpha value is -2.69. The van der Waals surface area contributed by atoms with Crippen LogP contribution in [0.5, 0.6) is 0 Å². The number of pyridine rings is 1. The zero-order valence-electron chi connectivity index (χ0n) is 16.8. The van der Waals surface area contributed by atoms with Gasteiger partial charge in [-0.1, -0.05) is 24.9 Å². The lowest BCUT2D eigenvalue weighted by atomic mass is 10.2. The molecule has 3 rings (SSSR count). The van der Waals surface area contributed by atoms with Gasteiger partial charge >= 0.3 is 10.3 Å². The van der Waals surface area contributed by atoms with Gasteiger partial charge in [-0.3, -0.25) is 18.2 Å². The van der Waals surface area contributed by atoms with Crippen LogP contribution in [0.1, 0.15) is 31.0 Å². The van der Waals surface area contributed by atoms with Crippen LogP contribution >= 0.6 is 11.6 Å². The highest BCUT2D eigenvalue weighted by molar-refractivity contribution is 7.85. The molecule has 0 radical (unpaired) electrons. The number of unbranched alkanes of at least 4 members (excludes halogenated alkanes) is 1. The summed E-state index contributed by atoms with van der Waals surface area (Å²) in [7, 11) is -2.40. The summed E-state index contributed by atoms with van der Waals surface area (Å²) in [5.74, 6) is -0.191. The Morgan fingerprint density at radius 3 is 2.90 bits per heavy atom. The molecule has 0 saturated heterocycles. The number of amides is 1. The van der Waals surface area contributed by atoms with Crippen LogP contribution in [0.2, 0.25) is 5.02 Å². The van der Waals surface area contributed by atoms with Crippen molar-refractivity contribution in [2.45, 2.75) is 26.7 Å². The maximum atomic E-state index is 12.1. The molecule has 9 nitrogen and oxygen atoms in total. The Morgan fingerprint density at radius 1 is 1.40 bits per heavy atom. The predicted molar refractivity (Wildman–Crippen MR) is 115 cm³/mol. The van der Waals surface area contributed by atoms with Crippen molar-refractivity contribution in [2.24, 2.45) is 7.05 Å². The zero-order valence-corrected chi connectivity index (χ0v) is 18.4. The molecule has 11 heteroatoms. The molecule has 0 atom stereocenters. The van der Waals surface area contributed by atoms with Gasteiger partial charge in [0.15, 0.2) is 0 Å². The van der Waals surface area contributed by atoms with E-state index in [0.29, 0.717) is 34.2 Å². The number of carbonyl (C=O) groups excluding carboxylic acids is 1. The van der Waals surface area contributed by atoms with Crippen molar-refractivity contribution in [3.05, 3.63) is 46.9 Å². The van der Waals surface area contributed by atoms with Gasteiger partial charge in [0.25, 0.3) is 5.91 Å². The second-order valence-corrected chi connectivity index (χ2v) is 8.35. The van der Waals surface area contributed by atoms with Gasteiger partial charge in [0.05, 0.1) is 17.3 Å². The van der Waals surface area contributed by atoms with E-state index in [2.05, 4.69) is 10.1 Å². The summed E-state index contributed by atoms with van der Waals surface area (Å²) < 4.78 is 33.6. The number of nitrogens with zero attached hydrogens (tertiary/aromatic N) is 4. The fourth-order valence-electron chi connectivity index (χ4n) is 2.98. The maximum Gasteiger partial charge on any atom is 0.362 e. The van der Waals surface area contributed by atoms with Crippen LogP contribution in [0.15, 0.2) is 30.6 Å². The van der Waals surface area contributed by atoms with E-state index in [-0.39, 0.29) is 6.61 Å². The minimum Gasteiger partial charge on any atom is -0.284 e. The quantitative estimate of drug-likeness (QED) is 0.416. The molecule has 30 heavy (non-hydrogen) atoms. The molecule has 0 unspecified atom stereocenters. The predicted octanol–water partition coefficient (Wildman–Crippen LogP) is 2.91. The molecule has 3 aromatic heterocycles. The Kier molecular flexibility index (Phi) is 6.59. The lowest BCUT2D eigenvalue weighted by molar-refractivity contribution is -0.114. The van der Waals surface area contributed by atoms with Crippen molar-refractivity contribution in [3.8, 4) is 5.82 Å². The van der Waals surface area contributed by atoms with Crippen LogP contribution in [0.25, 0.3) is 22.9 Å². The van der Waals surface area contributed by atoms with Crippen LogP contribution in [0, 0.1) is 6.92 Å². The largest absolute Gasteiger partial charge is 0.362 e. The summed E-state index contributed by atoms with van der Waals surface area (Å²) in [5.41, 5.74) is 1.90. The molecule has 0 aromatic carbocycles. The SMILES string of the molecule is CCCCOS(=O)(=O)NC(=O)C=Cc1c(C)nn(C)c1-n1cc(Cl)c2cccnc21. The molecule has 1 amide bonds. The fraction of sp³-hybridized carbons (Fsp3) is 0.316. The topological polar surface area (TPSA) is 108 Å². The third-order valence-electron chi connectivity index (χ3n) is 4.34. The third-order valence-corrected chi connectivity index (χ3v) is 5.57. The van der Waals surface area contributed by atoms with E-state index < -0.39 is 16.2 Å². The summed E-state index contributed by atoms with van der Waals surface area (Å²) in [6.45, 7) is 3.71. The number of halogens is 1. The maximum absolute atomic E-state index is 12.1. The van der Waals surface area contributed by atoms with Gasteiger partial charge in [0, 0.05) is 36.5 Å². The van der Waals surface area contributed by atoms with E-state index in [1.165, 1.54) is 6.08 Å². The fourth-order valence-corrected chi connectivity index (χ4v) is 3.94. The van der Waals surface area contributed by atoms with Gasteiger partial charge in [-0.05, 0) is 31.6 Å². The Balaban J connectivity index is 1.90. The van der Waals surface area contributed by atoms with Crippen LogP contribution in [0.3, 0.4) is 0 Å². The highest BCUT2D eigenvalue weighted by atomic mass is 35.5. The average molecular weight is 452 g/mol. The van der Waals surface area contributed by atoms with Crippen molar-refractivity contribution in [3.63, 3.8) is 0 Å². The number of aryl methyl sites for hydroxylation is 2. The normalized spacial score (nSPS) is 12.1. The second kappa shape index (κ2) is 8.99. The molecule has 160 valence electrons. The number of fused-ring (bicyclic) bond motifs is 1. The molecule has 3 aromatic rings. The first kappa shape index (κ1) is 22.0. The Labute approximate surface area is 179 Å². The van der Waals surface area contributed by atoms with Crippen molar-refractivity contribution in [1.29, 1.82) is 0 Å². The van der Waals surface area contributed by atoms with Gasteiger partial charge in [-0.2, -0.15) is 13.5 Å². The molecule has 0 bridgehead atoms. The summed E-state index contributed by atoms with van der Waals surface area (Å²) in [6, 6.07) is 3.65. The molecule has 0 fully saturated rings.